The van der Waals surface area contributed by atoms with Gasteiger partial charge in [0, 0.05) is 25.2 Å². The summed E-state index contributed by atoms with van der Waals surface area (Å²) in [4.78, 5) is 16.2. The van der Waals surface area contributed by atoms with Crippen LogP contribution in [0.2, 0.25) is 0 Å². The number of nitrogens with zero attached hydrogens (tertiary/aromatic N) is 1. The lowest BCUT2D eigenvalue weighted by Gasteiger charge is -2.15. The highest BCUT2D eigenvalue weighted by Crippen LogP contribution is 2.18. The molecule has 2 fully saturated rings. The minimum Gasteiger partial charge on any atom is -0.484 e. The number of hydrogen-bond donors (Lipinski definition) is 3. The van der Waals surface area contributed by atoms with Crippen LogP contribution in [0, 0.1) is 0 Å². The molecule has 0 spiro atoms. The molecule has 0 aromatic heterocycles. The summed E-state index contributed by atoms with van der Waals surface area (Å²) in [5.74, 6) is 1.64. The number of amides is 1. The number of aliphatic imine (C=N–C) groups is 1. The molecule has 2 aliphatic rings. The molecule has 9 heteroatoms. The predicted molar refractivity (Wildman–Crippen MR) is 113 cm³/mol. The highest BCUT2D eigenvalue weighted by atomic mass is 32.2. The zero-order chi connectivity index (χ0) is 20.7. The van der Waals surface area contributed by atoms with Crippen LogP contribution >= 0.6 is 0 Å². The van der Waals surface area contributed by atoms with E-state index in [2.05, 4.69) is 20.9 Å². The summed E-state index contributed by atoms with van der Waals surface area (Å²) in [5.41, 5.74) is 1.11. The van der Waals surface area contributed by atoms with Gasteiger partial charge >= 0.3 is 0 Å². The van der Waals surface area contributed by atoms with E-state index in [0.29, 0.717) is 37.3 Å². The van der Waals surface area contributed by atoms with Gasteiger partial charge in [-0.25, -0.2) is 8.42 Å². The van der Waals surface area contributed by atoms with E-state index in [-0.39, 0.29) is 30.1 Å². The highest BCUT2D eigenvalue weighted by Gasteiger charge is 2.28. The van der Waals surface area contributed by atoms with Crippen LogP contribution in [0.1, 0.15) is 31.7 Å². The van der Waals surface area contributed by atoms with Crippen molar-refractivity contribution >= 4 is 21.7 Å². The van der Waals surface area contributed by atoms with Gasteiger partial charge in [-0.3, -0.25) is 9.79 Å². The van der Waals surface area contributed by atoms with Crippen molar-refractivity contribution in [1.29, 1.82) is 0 Å². The van der Waals surface area contributed by atoms with Crippen LogP contribution in [0.15, 0.2) is 29.3 Å². The molecule has 0 bridgehead atoms. The Kier molecular flexibility index (Phi) is 7.35. The van der Waals surface area contributed by atoms with Gasteiger partial charge in [-0.15, -0.1) is 0 Å². The van der Waals surface area contributed by atoms with Crippen molar-refractivity contribution < 1.29 is 17.9 Å². The number of nitrogens with one attached hydrogen (secondary N) is 3. The summed E-state index contributed by atoms with van der Waals surface area (Å²) in [5, 5.41) is 9.27. The average Bonchev–Trinajstić information content (AvgIpc) is 3.42. The largest absolute Gasteiger partial charge is 0.484 e. The third-order valence-electron chi connectivity index (χ3n) is 4.82. The maximum Gasteiger partial charge on any atom is 0.258 e. The molecule has 8 nitrogen and oxygen atoms in total. The zero-order valence-electron chi connectivity index (χ0n) is 16.8. The van der Waals surface area contributed by atoms with Crippen LogP contribution in [-0.4, -0.2) is 63.6 Å². The normalized spacial score (nSPS) is 20.9. The van der Waals surface area contributed by atoms with Gasteiger partial charge in [0.1, 0.15) is 5.75 Å². The van der Waals surface area contributed by atoms with E-state index >= 15 is 0 Å². The molecule has 1 aromatic rings. The Labute approximate surface area is 172 Å². The molecule has 1 saturated carbocycles. The van der Waals surface area contributed by atoms with Crippen molar-refractivity contribution in [2.45, 2.75) is 44.7 Å². The molecular formula is C20H30N4O4S. The summed E-state index contributed by atoms with van der Waals surface area (Å²) in [6.45, 7) is 3.31. The van der Waals surface area contributed by atoms with E-state index in [1.54, 1.807) is 0 Å². The van der Waals surface area contributed by atoms with Crippen molar-refractivity contribution in [1.82, 2.24) is 16.0 Å². The third kappa shape index (κ3) is 7.56. The Balaban J connectivity index is 1.42. The van der Waals surface area contributed by atoms with E-state index in [0.717, 1.165) is 24.8 Å². The molecular weight excluding hydrogens is 392 g/mol. The van der Waals surface area contributed by atoms with Crippen molar-refractivity contribution in [3.05, 3.63) is 29.8 Å². The van der Waals surface area contributed by atoms with Crippen LogP contribution in [0.3, 0.4) is 0 Å². The average molecular weight is 423 g/mol. The SMILES string of the molecule is CCNC(=NCCc1ccc(OCC(=O)NC2CC2)cc1)NC1CCS(=O)(=O)C1. The van der Waals surface area contributed by atoms with Crippen LogP contribution in [0.25, 0.3) is 0 Å². The van der Waals surface area contributed by atoms with Gasteiger partial charge < -0.3 is 20.7 Å². The standard InChI is InChI=1S/C20H30N4O4S/c1-2-21-20(24-17-10-12-29(26,27)14-17)22-11-9-15-3-7-18(8-4-15)28-13-19(25)23-16-5-6-16/h3-4,7-8,16-17H,2,5-6,9-14H2,1H3,(H,23,25)(H2,21,22,24). The Bertz CT molecular complexity index is 819. The molecule has 1 heterocycles. The molecule has 160 valence electrons. The van der Waals surface area contributed by atoms with Crippen molar-refractivity contribution in [2.75, 3.05) is 31.2 Å². The van der Waals surface area contributed by atoms with E-state index < -0.39 is 9.84 Å². The fraction of sp³-hybridized carbons (Fsp3) is 0.600. The molecule has 1 aromatic carbocycles. The highest BCUT2D eigenvalue weighted by molar-refractivity contribution is 7.91. The summed E-state index contributed by atoms with van der Waals surface area (Å²) in [6, 6.07) is 7.91. The minimum absolute atomic E-state index is 0.0365. The van der Waals surface area contributed by atoms with Gasteiger partial charge in [0.05, 0.1) is 11.5 Å². The van der Waals surface area contributed by atoms with Gasteiger partial charge in [-0.2, -0.15) is 0 Å². The maximum absolute atomic E-state index is 11.7. The lowest BCUT2D eigenvalue weighted by Crippen LogP contribution is -2.44. The van der Waals surface area contributed by atoms with Crippen LogP contribution < -0.4 is 20.7 Å². The fourth-order valence-corrected chi connectivity index (χ4v) is 4.79. The molecule has 1 unspecified atom stereocenters. The number of benzene rings is 1. The van der Waals surface area contributed by atoms with E-state index in [4.69, 9.17) is 4.74 Å². The van der Waals surface area contributed by atoms with Crippen molar-refractivity contribution in [3.63, 3.8) is 0 Å². The zero-order valence-corrected chi connectivity index (χ0v) is 17.6. The lowest BCUT2D eigenvalue weighted by atomic mass is 10.1. The third-order valence-corrected chi connectivity index (χ3v) is 6.59. The minimum atomic E-state index is -2.92. The number of carbonyl (C=O) groups is 1. The summed E-state index contributed by atoms with van der Waals surface area (Å²) in [6.07, 6.45) is 3.50. The van der Waals surface area contributed by atoms with Gasteiger partial charge in [0.15, 0.2) is 22.4 Å². The Morgan fingerprint density at radius 3 is 2.52 bits per heavy atom. The molecule has 3 N–H and O–H groups in total. The first-order chi connectivity index (χ1) is 13.9. The van der Waals surface area contributed by atoms with Crippen LogP contribution in [-0.2, 0) is 21.1 Å². The Hall–Kier alpha value is -2.29. The molecule has 1 amide bonds. The smallest absolute Gasteiger partial charge is 0.258 e. The van der Waals surface area contributed by atoms with Gasteiger partial charge in [-0.1, -0.05) is 12.1 Å². The molecule has 3 rings (SSSR count). The summed E-state index contributed by atoms with van der Waals surface area (Å²) >= 11 is 0. The van der Waals surface area contributed by atoms with E-state index in [9.17, 15) is 13.2 Å². The number of guanidine groups is 1. The van der Waals surface area contributed by atoms with Crippen LogP contribution in [0.4, 0.5) is 0 Å². The van der Waals surface area contributed by atoms with Crippen molar-refractivity contribution in [3.8, 4) is 5.75 Å². The topological polar surface area (TPSA) is 109 Å². The number of sulfone groups is 1. The van der Waals surface area contributed by atoms with Gasteiger partial charge in [-0.05, 0) is 50.3 Å². The second-order valence-electron chi connectivity index (χ2n) is 7.53. The lowest BCUT2D eigenvalue weighted by molar-refractivity contribution is -0.123. The number of ether oxygens (including phenoxy) is 1. The van der Waals surface area contributed by atoms with E-state index in [1.165, 1.54) is 0 Å². The van der Waals surface area contributed by atoms with Gasteiger partial charge in [0.25, 0.3) is 5.91 Å². The first-order valence-corrected chi connectivity index (χ1v) is 12.0. The monoisotopic (exact) mass is 422 g/mol. The van der Waals surface area contributed by atoms with E-state index in [1.807, 2.05) is 31.2 Å². The quantitative estimate of drug-likeness (QED) is 0.398. The Morgan fingerprint density at radius 2 is 1.90 bits per heavy atom. The number of rotatable bonds is 9. The Morgan fingerprint density at radius 1 is 1.14 bits per heavy atom. The summed E-state index contributed by atoms with van der Waals surface area (Å²) < 4.78 is 28.7. The molecule has 29 heavy (non-hydrogen) atoms. The molecule has 0 radical (unpaired) electrons. The molecule has 1 atom stereocenters. The first-order valence-electron chi connectivity index (χ1n) is 10.2. The molecule has 1 aliphatic carbocycles. The number of carbonyl (C=O) groups excluding carboxylic acids is 1. The second kappa shape index (κ2) is 9.96. The predicted octanol–water partition coefficient (Wildman–Crippen LogP) is 0.629. The first kappa shape index (κ1) is 21.4. The summed E-state index contributed by atoms with van der Waals surface area (Å²) in [7, 11) is -2.92. The molecule has 1 aliphatic heterocycles. The van der Waals surface area contributed by atoms with Crippen LogP contribution in [0.5, 0.6) is 5.75 Å². The fourth-order valence-electron chi connectivity index (χ4n) is 3.12. The second-order valence-corrected chi connectivity index (χ2v) is 9.76. The molecule has 1 saturated heterocycles. The maximum atomic E-state index is 11.7. The number of hydrogen-bond acceptors (Lipinski definition) is 5. The van der Waals surface area contributed by atoms with Gasteiger partial charge in [0.2, 0.25) is 0 Å². The van der Waals surface area contributed by atoms with Crippen molar-refractivity contribution in [2.24, 2.45) is 4.99 Å².